The minimum atomic E-state index is -3.51. The van der Waals surface area contributed by atoms with Crippen molar-refractivity contribution < 1.29 is 13.2 Å². The molecule has 1 aromatic rings. The maximum atomic E-state index is 12.5. The van der Waals surface area contributed by atoms with E-state index in [1.807, 2.05) is 12.1 Å². The number of aliphatic imine (C=N–C) groups is 1. The van der Waals surface area contributed by atoms with Crippen molar-refractivity contribution in [2.75, 3.05) is 32.8 Å². The number of nitrogens with one attached hydrogen (secondary N) is 2. The zero-order valence-corrected chi connectivity index (χ0v) is 21.5. The third kappa shape index (κ3) is 6.11. The molecule has 2 aliphatic heterocycles. The number of halogens is 1. The lowest BCUT2D eigenvalue weighted by Gasteiger charge is -2.38. The number of hydrogen-bond acceptors (Lipinski definition) is 4. The molecule has 1 saturated carbocycles. The quantitative estimate of drug-likeness (QED) is 0.303. The number of nitrogens with zero attached hydrogens (tertiary/aromatic N) is 2. The number of hydrogen-bond donors (Lipinski definition) is 2. The SMILES string of the molecule is CCNC(=NCc1ccc(S(=O)(=O)NCC2CCCO2)cc1)N1CCC2(CCC2)C1.I. The Balaban J connectivity index is 0.00000272. The van der Waals surface area contributed by atoms with Gasteiger partial charge in [-0.05, 0) is 62.1 Å². The molecule has 4 rings (SSSR count). The lowest BCUT2D eigenvalue weighted by atomic mass is 9.68. The fourth-order valence-electron chi connectivity index (χ4n) is 4.66. The van der Waals surface area contributed by atoms with E-state index < -0.39 is 10.0 Å². The van der Waals surface area contributed by atoms with E-state index in [1.165, 1.54) is 25.7 Å². The molecule has 0 bridgehead atoms. The topological polar surface area (TPSA) is 83.0 Å². The first kappa shape index (κ1) is 24.7. The Morgan fingerprint density at radius 3 is 2.58 bits per heavy atom. The van der Waals surface area contributed by atoms with Gasteiger partial charge in [-0.3, -0.25) is 0 Å². The Bertz CT molecular complexity index is 850. The molecule has 0 amide bonds. The largest absolute Gasteiger partial charge is 0.377 e. The Morgan fingerprint density at radius 1 is 1.23 bits per heavy atom. The molecule has 1 aromatic carbocycles. The van der Waals surface area contributed by atoms with Crippen LogP contribution in [0.4, 0.5) is 0 Å². The Labute approximate surface area is 203 Å². The second-order valence-electron chi connectivity index (χ2n) is 8.83. The van der Waals surface area contributed by atoms with E-state index in [4.69, 9.17) is 9.73 Å². The van der Waals surface area contributed by atoms with Crippen molar-refractivity contribution in [1.82, 2.24) is 14.9 Å². The molecule has 0 radical (unpaired) electrons. The molecule has 1 spiro atoms. The van der Waals surface area contributed by atoms with Gasteiger partial charge in [-0.1, -0.05) is 18.6 Å². The highest BCUT2D eigenvalue weighted by Crippen LogP contribution is 2.47. The van der Waals surface area contributed by atoms with Gasteiger partial charge in [0.05, 0.1) is 17.5 Å². The van der Waals surface area contributed by atoms with Gasteiger partial charge in [0.1, 0.15) is 0 Å². The first-order chi connectivity index (χ1) is 14.5. The summed E-state index contributed by atoms with van der Waals surface area (Å²) >= 11 is 0. The van der Waals surface area contributed by atoms with Crippen molar-refractivity contribution in [3.63, 3.8) is 0 Å². The van der Waals surface area contributed by atoms with Crippen molar-refractivity contribution >= 4 is 40.0 Å². The molecule has 3 fully saturated rings. The molecule has 174 valence electrons. The van der Waals surface area contributed by atoms with E-state index in [1.54, 1.807) is 12.1 Å². The predicted octanol–water partition coefficient (Wildman–Crippen LogP) is 3.10. The molecule has 1 atom stereocenters. The number of sulfonamides is 1. The normalized spacial score (nSPS) is 22.9. The van der Waals surface area contributed by atoms with E-state index in [0.717, 1.165) is 50.6 Å². The summed E-state index contributed by atoms with van der Waals surface area (Å²) in [6.07, 6.45) is 7.21. The second kappa shape index (κ2) is 10.8. The summed E-state index contributed by atoms with van der Waals surface area (Å²) in [5.41, 5.74) is 1.53. The molecule has 9 heteroatoms. The summed E-state index contributed by atoms with van der Waals surface area (Å²) in [4.78, 5) is 7.49. The van der Waals surface area contributed by atoms with Gasteiger partial charge in [-0.15, -0.1) is 24.0 Å². The van der Waals surface area contributed by atoms with E-state index in [2.05, 4.69) is 21.9 Å². The van der Waals surface area contributed by atoms with Crippen LogP contribution in [0.15, 0.2) is 34.2 Å². The Morgan fingerprint density at radius 2 is 2.00 bits per heavy atom. The van der Waals surface area contributed by atoms with E-state index in [9.17, 15) is 8.42 Å². The molecule has 2 N–H and O–H groups in total. The average Bonchev–Trinajstić information content (AvgIpc) is 3.40. The highest BCUT2D eigenvalue weighted by molar-refractivity contribution is 14.0. The molecule has 2 heterocycles. The summed E-state index contributed by atoms with van der Waals surface area (Å²) < 4.78 is 33.2. The van der Waals surface area contributed by atoms with Gasteiger partial charge in [0, 0.05) is 32.8 Å². The molecular weight excluding hydrogens is 527 g/mol. The van der Waals surface area contributed by atoms with Gasteiger partial charge >= 0.3 is 0 Å². The zero-order chi connectivity index (χ0) is 21.0. The highest BCUT2D eigenvalue weighted by Gasteiger charge is 2.43. The third-order valence-corrected chi connectivity index (χ3v) is 8.10. The maximum Gasteiger partial charge on any atom is 0.240 e. The molecule has 1 unspecified atom stereocenters. The van der Waals surface area contributed by atoms with Gasteiger partial charge in [-0.2, -0.15) is 0 Å². The van der Waals surface area contributed by atoms with Gasteiger partial charge in [0.2, 0.25) is 10.0 Å². The Hall–Kier alpha value is -0.910. The van der Waals surface area contributed by atoms with Crippen LogP contribution < -0.4 is 10.0 Å². The summed E-state index contributed by atoms with van der Waals surface area (Å²) in [6, 6.07) is 7.03. The molecule has 31 heavy (non-hydrogen) atoms. The molecule has 3 aliphatic rings. The predicted molar refractivity (Wildman–Crippen MR) is 133 cm³/mol. The van der Waals surface area contributed by atoms with Crippen LogP contribution in [0, 0.1) is 5.41 Å². The van der Waals surface area contributed by atoms with Crippen LogP contribution in [0.3, 0.4) is 0 Å². The molecule has 0 aromatic heterocycles. The number of rotatable bonds is 7. The first-order valence-electron chi connectivity index (χ1n) is 11.2. The van der Waals surface area contributed by atoms with E-state index in [0.29, 0.717) is 18.5 Å². The highest BCUT2D eigenvalue weighted by atomic mass is 127. The second-order valence-corrected chi connectivity index (χ2v) is 10.6. The average molecular weight is 563 g/mol. The number of guanidine groups is 1. The minimum absolute atomic E-state index is 0. The number of likely N-dealkylation sites (tertiary alicyclic amines) is 1. The van der Waals surface area contributed by atoms with Crippen LogP contribution in [0.1, 0.15) is 51.0 Å². The van der Waals surface area contributed by atoms with Gasteiger partial charge in [0.25, 0.3) is 0 Å². The fourth-order valence-corrected chi connectivity index (χ4v) is 5.72. The number of ether oxygens (including phenoxy) is 1. The fraction of sp³-hybridized carbons (Fsp3) is 0.682. The van der Waals surface area contributed by atoms with Crippen LogP contribution in [0.25, 0.3) is 0 Å². The van der Waals surface area contributed by atoms with Gasteiger partial charge < -0.3 is 15.0 Å². The van der Waals surface area contributed by atoms with E-state index >= 15 is 0 Å². The van der Waals surface area contributed by atoms with Gasteiger partial charge in [-0.25, -0.2) is 18.1 Å². The van der Waals surface area contributed by atoms with Crippen molar-refractivity contribution in [2.45, 2.75) is 63.0 Å². The standard InChI is InChI=1S/C22H34N4O3S.HI/c1-2-23-21(26-13-12-22(17-26)10-4-11-22)24-15-18-6-8-20(9-7-18)30(27,28)25-16-19-5-3-14-29-19;/h6-9,19,25H,2-5,10-17H2,1H3,(H,23,24);1H. The van der Waals surface area contributed by atoms with Crippen molar-refractivity contribution in [3.8, 4) is 0 Å². The minimum Gasteiger partial charge on any atom is -0.377 e. The first-order valence-corrected chi connectivity index (χ1v) is 12.7. The van der Waals surface area contributed by atoms with Crippen LogP contribution in [0.5, 0.6) is 0 Å². The molecular formula is C22H35IN4O3S. The molecule has 7 nitrogen and oxygen atoms in total. The van der Waals surface area contributed by atoms with Crippen molar-refractivity contribution in [2.24, 2.45) is 10.4 Å². The lowest BCUT2D eigenvalue weighted by molar-refractivity contribution is 0.114. The van der Waals surface area contributed by atoms with Crippen LogP contribution in [-0.2, 0) is 21.3 Å². The van der Waals surface area contributed by atoms with E-state index in [-0.39, 0.29) is 35.0 Å². The summed E-state index contributed by atoms with van der Waals surface area (Å²) in [7, 11) is -3.51. The maximum absolute atomic E-state index is 12.5. The van der Waals surface area contributed by atoms with Crippen LogP contribution in [-0.4, -0.2) is 58.2 Å². The molecule has 2 saturated heterocycles. The number of benzene rings is 1. The van der Waals surface area contributed by atoms with Gasteiger partial charge in [0.15, 0.2) is 5.96 Å². The molecule has 1 aliphatic carbocycles. The third-order valence-electron chi connectivity index (χ3n) is 6.66. The monoisotopic (exact) mass is 562 g/mol. The van der Waals surface area contributed by atoms with Crippen LogP contribution in [0.2, 0.25) is 0 Å². The summed E-state index contributed by atoms with van der Waals surface area (Å²) in [6.45, 7) is 6.69. The van der Waals surface area contributed by atoms with Crippen molar-refractivity contribution in [1.29, 1.82) is 0 Å². The Kier molecular flexibility index (Phi) is 8.62. The summed E-state index contributed by atoms with van der Waals surface area (Å²) in [5.74, 6) is 0.969. The van der Waals surface area contributed by atoms with Crippen LogP contribution >= 0.6 is 24.0 Å². The lowest BCUT2D eigenvalue weighted by Crippen LogP contribution is -2.42. The van der Waals surface area contributed by atoms with Crippen molar-refractivity contribution in [3.05, 3.63) is 29.8 Å². The summed E-state index contributed by atoms with van der Waals surface area (Å²) in [5, 5.41) is 3.42. The zero-order valence-electron chi connectivity index (χ0n) is 18.3. The smallest absolute Gasteiger partial charge is 0.240 e.